The number of nitrogens with two attached hydrogens (primary N) is 1. The number of nitrogens with one attached hydrogen (secondary N) is 1. The first-order valence-electron chi connectivity index (χ1n) is 7.85. The van der Waals surface area contributed by atoms with Crippen LogP contribution in [-0.2, 0) is 0 Å². The molecule has 0 aromatic rings. The molecule has 4 nitrogen and oxygen atoms in total. The fourth-order valence-corrected chi connectivity index (χ4v) is 3.14. The van der Waals surface area contributed by atoms with E-state index in [0.29, 0.717) is 17.4 Å². The summed E-state index contributed by atoms with van der Waals surface area (Å²) in [6, 6.07) is 0.638. The molecule has 1 saturated heterocycles. The van der Waals surface area contributed by atoms with Gasteiger partial charge in [0.1, 0.15) is 0 Å². The number of likely N-dealkylation sites (tertiary alicyclic amines) is 1. The predicted molar refractivity (Wildman–Crippen MR) is 81.3 cm³/mol. The highest BCUT2D eigenvalue weighted by Crippen LogP contribution is 2.51. The first-order valence-corrected chi connectivity index (χ1v) is 7.85. The number of likely N-dealkylation sites (N-methyl/N-ethyl adjacent to an activating group) is 1. The Morgan fingerprint density at radius 1 is 1.47 bits per heavy atom. The van der Waals surface area contributed by atoms with E-state index in [1.807, 2.05) is 0 Å². The molecule has 1 unspecified atom stereocenters. The number of nitrogens with zero attached hydrogens (tertiary/aromatic N) is 2. The summed E-state index contributed by atoms with van der Waals surface area (Å²) in [5.41, 5.74) is 6.45. The molecule has 1 saturated carbocycles. The smallest absolute Gasteiger partial charge is 0.188 e. The molecule has 0 radical (unpaired) electrons. The summed E-state index contributed by atoms with van der Waals surface area (Å²) in [5, 5.41) is 3.31. The topological polar surface area (TPSA) is 53.6 Å². The molecular weight excluding hydrogens is 236 g/mol. The van der Waals surface area contributed by atoms with Crippen LogP contribution in [0.4, 0.5) is 0 Å². The molecule has 1 atom stereocenters. The van der Waals surface area contributed by atoms with E-state index >= 15 is 0 Å². The summed E-state index contributed by atoms with van der Waals surface area (Å²) in [7, 11) is 0. The van der Waals surface area contributed by atoms with E-state index in [0.717, 1.165) is 25.6 Å². The van der Waals surface area contributed by atoms with Gasteiger partial charge in [0.2, 0.25) is 0 Å². The molecule has 0 bridgehead atoms. The lowest BCUT2D eigenvalue weighted by atomic mass is 9.93. The number of guanidine groups is 1. The van der Waals surface area contributed by atoms with Crippen molar-refractivity contribution in [2.75, 3.05) is 26.2 Å². The van der Waals surface area contributed by atoms with Crippen molar-refractivity contribution in [1.82, 2.24) is 10.2 Å². The van der Waals surface area contributed by atoms with Crippen molar-refractivity contribution >= 4 is 5.96 Å². The number of hydrogen-bond donors (Lipinski definition) is 2. The Balaban J connectivity index is 1.73. The Labute approximate surface area is 117 Å². The second-order valence-electron chi connectivity index (χ2n) is 6.52. The average molecular weight is 266 g/mol. The predicted octanol–water partition coefficient (Wildman–Crippen LogP) is 1.81. The Morgan fingerprint density at radius 2 is 2.21 bits per heavy atom. The van der Waals surface area contributed by atoms with Gasteiger partial charge in [-0.05, 0) is 50.1 Å². The molecule has 0 spiro atoms. The van der Waals surface area contributed by atoms with Gasteiger partial charge in [0.05, 0.1) is 0 Å². The monoisotopic (exact) mass is 266 g/mol. The van der Waals surface area contributed by atoms with Gasteiger partial charge in [-0.15, -0.1) is 0 Å². The fraction of sp³-hybridized carbons (Fsp3) is 0.933. The molecule has 110 valence electrons. The second-order valence-corrected chi connectivity index (χ2v) is 6.52. The van der Waals surface area contributed by atoms with Crippen LogP contribution in [0, 0.1) is 11.3 Å². The summed E-state index contributed by atoms with van der Waals surface area (Å²) < 4.78 is 0. The first kappa shape index (κ1) is 14.6. The van der Waals surface area contributed by atoms with Crippen LogP contribution in [-0.4, -0.2) is 43.1 Å². The zero-order chi connectivity index (χ0) is 13.9. The van der Waals surface area contributed by atoms with Crippen LogP contribution in [0.2, 0.25) is 0 Å². The molecule has 4 heteroatoms. The van der Waals surface area contributed by atoms with Crippen LogP contribution in [0.25, 0.3) is 0 Å². The zero-order valence-corrected chi connectivity index (χ0v) is 12.8. The Morgan fingerprint density at radius 3 is 2.79 bits per heavy atom. The molecular formula is C15H30N4. The molecule has 0 amide bonds. The molecule has 19 heavy (non-hydrogen) atoms. The molecule has 2 fully saturated rings. The van der Waals surface area contributed by atoms with Crippen LogP contribution >= 0.6 is 0 Å². The maximum absolute atomic E-state index is 5.99. The molecule has 1 aliphatic heterocycles. The van der Waals surface area contributed by atoms with Crippen LogP contribution < -0.4 is 11.1 Å². The average Bonchev–Trinajstić information content (AvgIpc) is 3.06. The van der Waals surface area contributed by atoms with Crippen molar-refractivity contribution in [2.45, 2.75) is 52.5 Å². The SMILES string of the molecule is CCN1CCCC1CNC(N)=NCC1(C(C)C)CC1. The molecule has 1 aliphatic carbocycles. The van der Waals surface area contributed by atoms with E-state index < -0.39 is 0 Å². The van der Waals surface area contributed by atoms with Crippen LogP contribution in [0.5, 0.6) is 0 Å². The molecule has 1 heterocycles. The molecule has 3 N–H and O–H groups in total. The minimum atomic E-state index is 0.453. The summed E-state index contributed by atoms with van der Waals surface area (Å²) in [5.74, 6) is 1.35. The first-order chi connectivity index (χ1) is 9.07. The fourth-order valence-electron chi connectivity index (χ4n) is 3.14. The van der Waals surface area contributed by atoms with E-state index in [4.69, 9.17) is 5.73 Å². The minimum absolute atomic E-state index is 0.453. The third kappa shape index (κ3) is 3.62. The van der Waals surface area contributed by atoms with Gasteiger partial charge >= 0.3 is 0 Å². The lowest BCUT2D eigenvalue weighted by Crippen LogP contribution is -2.43. The van der Waals surface area contributed by atoms with Crippen molar-refractivity contribution in [3.8, 4) is 0 Å². The third-order valence-electron chi connectivity index (χ3n) is 5.11. The summed E-state index contributed by atoms with van der Waals surface area (Å²) in [4.78, 5) is 7.08. The minimum Gasteiger partial charge on any atom is -0.370 e. The lowest BCUT2D eigenvalue weighted by Gasteiger charge is -2.23. The van der Waals surface area contributed by atoms with Crippen LogP contribution in [0.1, 0.15) is 46.5 Å². The maximum atomic E-state index is 5.99. The van der Waals surface area contributed by atoms with Crippen molar-refractivity contribution in [1.29, 1.82) is 0 Å². The van der Waals surface area contributed by atoms with Crippen molar-refractivity contribution < 1.29 is 0 Å². The number of rotatable bonds is 6. The van der Waals surface area contributed by atoms with Gasteiger partial charge in [0.25, 0.3) is 0 Å². The normalized spacial score (nSPS) is 26.9. The van der Waals surface area contributed by atoms with Gasteiger partial charge in [-0.25, -0.2) is 0 Å². The molecule has 0 aromatic heterocycles. The Hall–Kier alpha value is -0.770. The van der Waals surface area contributed by atoms with E-state index in [9.17, 15) is 0 Å². The van der Waals surface area contributed by atoms with Gasteiger partial charge in [-0.1, -0.05) is 20.8 Å². The van der Waals surface area contributed by atoms with E-state index in [-0.39, 0.29) is 0 Å². The highest BCUT2D eigenvalue weighted by Gasteiger charge is 2.45. The quantitative estimate of drug-likeness (QED) is 0.569. The van der Waals surface area contributed by atoms with E-state index in [1.165, 1.54) is 32.2 Å². The van der Waals surface area contributed by atoms with Crippen molar-refractivity contribution in [3.05, 3.63) is 0 Å². The van der Waals surface area contributed by atoms with Crippen LogP contribution in [0.3, 0.4) is 0 Å². The lowest BCUT2D eigenvalue weighted by molar-refractivity contribution is 0.267. The van der Waals surface area contributed by atoms with E-state index in [2.05, 4.69) is 36.0 Å². The van der Waals surface area contributed by atoms with E-state index in [1.54, 1.807) is 0 Å². The molecule has 2 aliphatic rings. The summed E-state index contributed by atoms with van der Waals surface area (Å²) >= 11 is 0. The highest BCUT2D eigenvalue weighted by molar-refractivity contribution is 5.77. The number of aliphatic imine (C=N–C) groups is 1. The third-order valence-corrected chi connectivity index (χ3v) is 5.11. The van der Waals surface area contributed by atoms with Gasteiger partial charge in [0, 0.05) is 19.1 Å². The molecule has 0 aromatic carbocycles. The van der Waals surface area contributed by atoms with Gasteiger partial charge in [-0.3, -0.25) is 9.89 Å². The number of hydrogen-bond acceptors (Lipinski definition) is 2. The Kier molecular flexibility index (Phi) is 4.71. The van der Waals surface area contributed by atoms with Crippen molar-refractivity contribution in [2.24, 2.45) is 22.1 Å². The van der Waals surface area contributed by atoms with Gasteiger partial charge in [-0.2, -0.15) is 0 Å². The standard InChI is InChI=1S/C15H30N4/c1-4-19-9-5-6-13(19)10-17-14(16)18-11-15(7-8-15)12(2)3/h12-13H,4-11H2,1-3H3,(H3,16,17,18). The summed E-state index contributed by atoms with van der Waals surface area (Å²) in [6.07, 6.45) is 5.22. The Bertz CT molecular complexity index is 320. The maximum Gasteiger partial charge on any atom is 0.188 e. The molecule has 2 rings (SSSR count). The van der Waals surface area contributed by atoms with Crippen LogP contribution in [0.15, 0.2) is 4.99 Å². The highest BCUT2D eigenvalue weighted by atomic mass is 15.2. The zero-order valence-electron chi connectivity index (χ0n) is 12.8. The van der Waals surface area contributed by atoms with Gasteiger partial charge in [0.15, 0.2) is 5.96 Å². The second kappa shape index (κ2) is 6.12. The summed E-state index contributed by atoms with van der Waals surface area (Å²) in [6.45, 7) is 11.0. The van der Waals surface area contributed by atoms with Gasteiger partial charge < -0.3 is 11.1 Å². The van der Waals surface area contributed by atoms with Crippen molar-refractivity contribution in [3.63, 3.8) is 0 Å². The largest absolute Gasteiger partial charge is 0.370 e.